The molecule has 0 saturated heterocycles. The minimum atomic E-state index is -0.513. The number of nitrogens with one attached hydrogen (secondary N) is 2. The minimum Gasteiger partial charge on any atom is -0.478 e. The van der Waals surface area contributed by atoms with Gasteiger partial charge in [0.25, 0.3) is 0 Å². The first-order valence-electron chi connectivity index (χ1n) is 10.6. The quantitative estimate of drug-likeness (QED) is 0.113. The number of hydrogen-bond acceptors (Lipinski definition) is 4. The molecule has 0 aliphatic heterocycles. The molecule has 0 radical (unpaired) electrons. The molecule has 0 atom stereocenters. The van der Waals surface area contributed by atoms with E-state index in [9.17, 15) is 4.39 Å². The van der Waals surface area contributed by atoms with Crippen LogP contribution in [-0.4, -0.2) is 28.1 Å². The summed E-state index contributed by atoms with van der Waals surface area (Å²) in [5, 5.41) is 17.3. The Morgan fingerprint density at radius 2 is 1.76 bits per heavy atom. The Bertz CT molecular complexity index is 995. The summed E-state index contributed by atoms with van der Waals surface area (Å²) in [6.45, 7) is 11.6. The number of allylic oxidation sites excluding steroid dienone is 6. The van der Waals surface area contributed by atoms with Crippen LogP contribution in [0.2, 0.25) is 0 Å². The summed E-state index contributed by atoms with van der Waals surface area (Å²) in [5.41, 5.74) is 1.84. The Kier molecular flexibility index (Phi) is 16.1. The average Bonchev–Trinajstić information content (AvgIpc) is 2.86. The van der Waals surface area contributed by atoms with Gasteiger partial charge in [-0.2, -0.15) is 0 Å². The molecule has 6 heteroatoms. The summed E-state index contributed by atoms with van der Waals surface area (Å²) < 4.78 is 20.0. The molecule has 1 aromatic carbocycles. The van der Waals surface area contributed by atoms with Gasteiger partial charge in [-0.15, -0.1) is 0 Å². The SMILES string of the molecule is C=C\C=C/C(=C\C)C(/C(=N)c1ccccc1F)=C(/C(=N)OCC)c1ccccn1.CC.CI. The van der Waals surface area contributed by atoms with E-state index in [1.54, 1.807) is 73.8 Å². The van der Waals surface area contributed by atoms with Crippen molar-refractivity contribution in [2.24, 2.45) is 0 Å². The number of ether oxygens (including phenoxy) is 1. The fourth-order valence-corrected chi connectivity index (χ4v) is 2.79. The highest BCUT2D eigenvalue weighted by molar-refractivity contribution is 14.1. The lowest BCUT2D eigenvalue weighted by atomic mass is 9.89. The number of alkyl halides is 1. The molecule has 1 heterocycles. The van der Waals surface area contributed by atoms with Crippen LogP contribution in [0.15, 0.2) is 90.7 Å². The fourth-order valence-electron chi connectivity index (χ4n) is 2.79. The fraction of sp³-hybridized carbons (Fsp3) is 0.222. The second kappa shape index (κ2) is 17.7. The van der Waals surface area contributed by atoms with E-state index < -0.39 is 5.82 Å². The lowest BCUT2D eigenvalue weighted by molar-refractivity contribution is 0.329. The first-order chi connectivity index (χ1) is 16.0. The van der Waals surface area contributed by atoms with Gasteiger partial charge in [0, 0.05) is 17.3 Å². The number of nitrogens with zero attached hydrogens (tertiary/aromatic N) is 1. The van der Waals surface area contributed by atoms with Crippen molar-refractivity contribution in [3.05, 3.63) is 108 Å². The molecule has 0 fully saturated rings. The van der Waals surface area contributed by atoms with Gasteiger partial charge in [0.2, 0.25) is 5.90 Å². The third-order valence-electron chi connectivity index (χ3n) is 4.09. The molecular weight excluding hydrogens is 528 g/mol. The van der Waals surface area contributed by atoms with Gasteiger partial charge < -0.3 is 4.74 Å². The normalized spacial score (nSPS) is 11.3. The van der Waals surface area contributed by atoms with Crippen LogP contribution in [0.25, 0.3) is 5.57 Å². The Hall–Kier alpha value is -2.87. The Balaban J connectivity index is 0.00000242. The van der Waals surface area contributed by atoms with Crippen molar-refractivity contribution in [1.82, 2.24) is 4.98 Å². The zero-order valence-corrected chi connectivity index (χ0v) is 22.1. The second-order valence-electron chi connectivity index (χ2n) is 5.92. The Labute approximate surface area is 211 Å². The number of benzene rings is 1. The maximum absolute atomic E-state index is 14.5. The largest absolute Gasteiger partial charge is 0.478 e. The molecule has 0 aliphatic rings. The lowest BCUT2D eigenvalue weighted by Crippen LogP contribution is -2.17. The molecule has 4 nitrogen and oxygen atoms in total. The standard InChI is InChI=1S/C24H24FN3O.C2H6.CH3I/c1-4-7-12-17(5-2)21(23(26)18-13-8-9-14-19(18)25)22(24(27)29-6-3)20-15-10-11-16-28-20;2*1-2/h4-5,7-16,26-27H,1,6H2,2-3H3;1-2H3;1H3/b12-7-,17-5+,22-21-,26-23?,27-24?;;. The van der Waals surface area contributed by atoms with Crippen molar-refractivity contribution < 1.29 is 9.13 Å². The van der Waals surface area contributed by atoms with Crippen molar-refractivity contribution in [2.45, 2.75) is 27.7 Å². The predicted octanol–water partition coefficient (Wildman–Crippen LogP) is 7.82. The summed E-state index contributed by atoms with van der Waals surface area (Å²) in [6, 6.07) is 11.4. The third-order valence-corrected chi connectivity index (χ3v) is 4.09. The number of aromatic nitrogens is 1. The third kappa shape index (κ3) is 8.88. The summed E-state index contributed by atoms with van der Waals surface area (Å²) in [6.07, 6.45) is 8.51. The van der Waals surface area contributed by atoms with Gasteiger partial charge in [0.1, 0.15) is 5.82 Å². The van der Waals surface area contributed by atoms with Gasteiger partial charge in [-0.1, -0.05) is 85.5 Å². The monoisotopic (exact) mass is 561 g/mol. The smallest absolute Gasteiger partial charge is 0.216 e. The van der Waals surface area contributed by atoms with E-state index in [-0.39, 0.29) is 23.8 Å². The van der Waals surface area contributed by atoms with E-state index >= 15 is 0 Å². The van der Waals surface area contributed by atoms with Crippen molar-refractivity contribution in [3.8, 4) is 0 Å². The van der Waals surface area contributed by atoms with E-state index in [0.717, 1.165) is 0 Å². The molecule has 33 heavy (non-hydrogen) atoms. The topological polar surface area (TPSA) is 69.8 Å². The Morgan fingerprint density at radius 3 is 2.27 bits per heavy atom. The van der Waals surface area contributed by atoms with E-state index in [0.29, 0.717) is 22.4 Å². The van der Waals surface area contributed by atoms with Crippen LogP contribution in [0.1, 0.15) is 39.0 Å². The zero-order chi connectivity index (χ0) is 25.2. The molecule has 176 valence electrons. The summed E-state index contributed by atoms with van der Waals surface area (Å²) >= 11 is 2.15. The molecule has 0 bridgehead atoms. The van der Waals surface area contributed by atoms with Crippen LogP contribution in [0, 0.1) is 16.6 Å². The molecule has 0 aliphatic carbocycles. The number of hydrogen-bond donors (Lipinski definition) is 2. The van der Waals surface area contributed by atoms with Crippen LogP contribution >= 0.6 is 22.6 Å². The first-order valence-corrected chi connectivity index (χ1v) is 12.8. The highest BCUT2D eigenvalue weighted by Crippen LogP contribution is 2.29. The molecule has 0 unspecified atom stereocenters. The van der Waals surface area contributed by atoms with Crippen molar-refractivity contribution >= 4 is 39.8 Å². The molecule has 0 saturated carbocycles. The summed E-state index contributed by atoms with van der Waals surface area (Å²) in [4.78, 5) is 6.33. The van der Waals surface area contributed by atoms with E-state index in [1.165, 1.54) is 6.07 Å². The van der Waals surface area contributed by atoms with E-state index in [2.05, 4.69) is 34.2 Å². The van der Waals surface area contributed by atoms with Gasteiger partial charge in [-0.25, -0.2) is 4.39 Å². The molecular formula is C27H33FIN3O. The van der Waals surface area contributed by atoms with Crippen LogP contribution in [0.3, 0.4) is 0 Å². The second-order valence-corrected chi connectivity index (χ2v) is 5.92. The van der Waals surface area contributed by atoms with Crippen LogP contribution < -0.4 is 0 Å². The molecule has 1 aromatic heterocycles. The summed E-state index contributed by atoms with van der Waals surface area (Å²) in [7, 11) is 0. The van der Waals surface area contributed by atoms with Crippen molar-refractivity contribution in [2.75, 3.05) is 11.5 Å². The minimum absolute atomic E-state index is 0.0602. The maximum atomic E-state index is 14.5. The van der Waals surface area contributed by atoms with Crippen LogP contribution in [0.5, 0.6) is 0 Å². The molecule has 2 N–H and O–H groups in total. The van der Waals surface area contributed by atoms with Crippen LogP contribution in [-0.2, 0) is 4.74 Å². The van der Waals surface area contributed by atoms with Crippen molar-refractivity contribution in [1.29, 1.82) is 10.8 Å². The number of halogens is 2. The highest BCUT2D eigenvalue weighted by Gasteiger charge is 2.24. The lowest BCUT2D eigenvalue weighted by Gasteiger charge is -2.18. The van der Waals surface area contributed by atoms with Gasteiger partial charge in [-0.3, -0.25) is 15.8 Å². The molecule has 0 spiro atoms. The zero-order valence-electron chi connectivity index (χ0n) is 20.0. The van der Waals surface area contributed by atoms with Gasteiger partial charge in [-0.05, 0) is 48.6 Å². The van der Waals surface area contributed by atoms with Crippen molar-refractivity contribution in [3.63, 3.8) is 0 Å². The average molecular weight is 561 g/mol. The molecule has 0 amide bonds. The predicted molar refractivity (Wildman–Crippen MR) is 148 cm³/mol. The maximum Gasteiger partial charge on any atom is 0.216 e. The van der Waals surface area contributed by atoms with Gasteiger partial charge in [0.05, 0.1) is 23.6 Å². The Morgan fingerprint density at radius 1 is 1.12 bits per heavy atom. The van der Waals surface area contributed by atoms with E-state index in [4.69, 9.17) is 15.6 Å². The first kappa shape index (κ1) is 30.1. The highest BCUT2D eigenvalue weighted by atomic mass is 127. The molecule has 2 rings (SSSR count). The van der Waals surface area contributed by atoms with Gasteiger partial charge >= 0.3 is 0 Å². The number of rotatable bonds is 8. The van der Waals surface area contributed by atoms with Crippen LogP contribution in [0.4, 0.5) is 4.39 Å². The number of pyridine rings is 1. The summed E-state index contributed by atoms with van der Waals surface area (Å²) in [5.74, 6) is -0.643. The molecule has 2 aromatic rings. The van der Waals surface area contributed by atoms with E-state index in [1.807, 2.05) is 25.7 Å². The van der Waals surface area contributed by atoms with Gasteiger partial charge in [0.15, 0.2) is 0 Å².